The number of carbonyl (C=O) groups excluding carboxylic acids is 1. The Hall–Kier alpha value is -2.28. The normalized spacial score (nSPS) is 28.3. The molecule has 150 valence electrons. The van der Waals surface area contributed by atoms with Crippen LogP contribution in [-0.4, -0.2) is 90.7 Å². The largest absolute Gasteiger partial charge is 0.508 e. The molecule has 11 heteroatoms. The smallest absolute Gasteiger partial charge is 0.328 e. The first-order valence-corrected chi connectivity index (χ1v) is 8.18. The molecule has 1 amide bonds. The van der Waals surface area contributed by atoms with Gasteiger partial charge >= 0.3 is 5.97 Å². The number of hydrogen-bond acceptors (Lipinski definition) is 9. The molecule has 1 aromatic rings. The molecular weight excluding hydrogens is 362 g/mol. The number of nitrogens with two attached hydrogens (primary N) is 1. The van der Waals surface area contributed by atoms with Gasteiger partial charge in [0.2, 0.25) is 5.91 Å². The molecule has 9 N–H and O–H groups in total. The van der Waals surface area contributed by atoms with Crippen molar-refractivity contribution in [3.63, 3.8) is 0 Å². The van der Waals surface area contributed by atoms with Crippen molar-refractivity contribution in [1.82, 2.24) is 10.4 Å². The first kappa shape index (κ1) is 21.0. The van der Waals surface area contributed by atoms with Gasteiger partial charge in [0.05, 0.1) is 24.7 Å². The number of aliphatic carboxylic acids is 1. The standard InChI is InChI=1S/C16H23N3O8/c17-9(5-7-1-3-8(20)4-2-7)15(24)18-11(16(25)26)12-14(23)13(22)10(21)6-19(12)27/h1-4,9-14,20-23,27H,5-6,17H2,(H,18,24)(H,25,26)/t9-,10+,11+,12+,13+,14+/m0/s1. The summed E-state index contributed by atoms with van der Waals surface area (Å²) in [5.41, 5.74) is 6.42. The number of aliphatic hydroxyl groups is 3. The van der Waals surface area contributed by atoms with Crippen LogP contribution < -0.4 is 11.1 Å². The number of phenolic OH excluding ortho intramolecular Hbond substituents is 1. The number of hydrogen-bond donors (Lipinski definition) is 8. The Balaban J connectivity index is 2.09. The maximum absolute atomic E-state index is 12.3. The minimum atomic E-state index is -1.83. The Morgan fingerprint density at radius 2 is 1.78 bits per heavy atom. The third kappa shape index (κ3) is 4.91. The highest BCUT2D eigenvalue weighted by atomic mass is 16.5. The number of carboxylic acids is 1. The molecule has 1 aromatic carbocycles. The van der Waals surface area contributed by atoms with Crippen LogP contribution >= 0.6 is 0 Å². The number of hydroxylamine groups is 2. The van der Waals surface area contributed by atoms with Crippen LogP contribution in [0, 0.1) is 0 Å². The van der Waals surface area contributed by atoms with Crippen molar-refractivity contribution in [3.8, 4) is 5.75 Å². The van der Waals surface area contributed by atoms with E-state index in [1.807, 2.05) is 0 Å². The highest BCUT2D eigenvalue weighted by Gasteiger charge is 2.48. The quantitative estimate of drug-likeness (QED) is 0.250. The molecule has 6 atom stereocenters. The second-order valence-electron chi connectivity index (χ2n) is 6.46. The molecule has 0 unspecified atom stereocenters. The number of aliphatic hydroxyl groups excluding tert-OH is 3. The van der Waals surface area contributed by atoms with Crippen molar-refractivity contribution in [1.29, 1.82) is 0 Å². The number of nitrogens with zero attached hydrogens (tertiary/aromatic N) is 1. The predicted molar refractivity (Wildman–Crippen MR) is 89.7 cm³/mol. The zero-order valence-electron chi connectivity index (χ0n) is 14.2. The summed E-state index contributed by atoms with van der Waals surface area (Å²) < 4.78 is 0. The number of nitrogens with one attached hydrogen (secondary N) is 1. The van der Waals surface area contributed by atoms with E-state index < -0.39 is 54.9 Å². The summed E-state index contributed by atoms with van der Waals surface area (Å²) in [5, 5.41) is 60.3. The van der Waals surface area contributed by atoms with Crippen molar-refractivity contribution in [2.45, 2.75) is 42.9 Å². The van der Waals surface area contributed by atoms with E-state index in [0.29, 0.717) is 10.6 Å². The van der Waals surface area contributed by atoms with Crippen molar-refractivity contribution >= 4 is 11.9 Å². The molecule has 0 bridgehead atoms. The van der Waals surface area contributed by atoms with Gasteiger partial charge in [0.1, 0.15) is 24.0 Å². The van der Waals surface area contributed by atoms with Crippen LogP contribution in [0.15, 0.2) is 24.3 Å². The van der Waals surface area contributed by atoms with Crippen LogP contribution in [0.5, 0.6) is 5.75 Å². The summed E-state index contributed by atoms with van der Waals surface area (Å²) in [6.07, 6.45) is -4.95. The lowest BCUT2D eigenvalue weighted by Crippen LogP contribution is -2.69. The molecule has 2 rings (SSSR count). The number of rotatable bonds is 6. The van der Waals surface area contributed by atoms with Crippen LogP contribution in [0.2, 0.25) is 0 Å². The van der Waals surface area contributed by atoms with E-state index in [1.54, 1.807) is 12.1 Å². The number of phenols is 1. The fraction of sp³-hybridized carbons (Fsp3) is 0.500. The molecule has 27 heavy (non-hydrogen) atoms. The summed E-state index contributed by atoms with van der Waals surface area (Å²) in [5.74, 6) is -2.37. The van der Waals surface area contributed by atoms with E-state index in [9.17, 15) is 40.3 Å². The van der Waals surface area contributed by atoms with Gasteiger partial charge in [-0.25, -0.2) is 4.79 Å². The summed E-state index contributed by atoms with van der Waals surface area (Å²) in [4.78, 5) is 23.8. The zero-order chi connectivity index (χ0) is 20.3. The number of benzene rings is 1. The average molecular weight is 385 g/mol. The van der Waals surface area contributed by atoms with E-state index >= 15 is 0 Å². The van der Waals surface area contributed by atoms with E-state index in [4.69, 9.17) is 5.73 Å². The van der Waals surface area contributed by atoms with Gasteiger partial charge in [-0.3, -0.25) is 4.79 Å². The van der Waals surface area contributed by atoms with Gasteiger partial charge in [-0.15, -0.1) is 0 Å². The molecule has 1 aliphatic heterocycles. The predicted octanol–water partition coefficient (Wildman–Crippen LogP) is -3.01. The Bertz CT molecular complexity index is 670. The Morgan fingerprint density at radius 3 is 2.33 bits per heavy atom. The van der Waals surface area contributed by atoms with Crippen LogP contribution in [0.3, 0.4) is 0 Å². The van der Waals surface area contributed by atoms with Gasteiger partial charge in [0.15, 0.2) is 0 Å². The fourth-order valence-electron chi connectivity index (χ4n) is 2.93. The number of carboxylic acid groups (broad SMARTS) is 1. The van der Waals surface area contributed by atoms with Gasteiger partial charge in [-0.2, -0.15) is 5.06 Å². The number of carbonyl (C=O) groups is 2. The third-order valence-electron chi connectivity index (χ3n) is 4.45. The molecule has 1 aliphatic rings. The molecule has 11 nitrogen and oxygen atoms in total. The van der Waals surface area contributed by atoms with E-state index in [0.717, 1.165) is 0 Å². The number of aromatic hydroxyl groups is 1. The van der Waals surface area contributed by atoms with Gasteiger partial charge in [-0.05, 0) is 24.1 Å². The number of β-amino-alcohol motifs (C(OH)–C–C–N with tert-alkyl or cyclic N) is 1. The molecule has 1 heterocycles. The molecule has 0 aromatic heterocycles. The lowest BCUT2D eigenvalue weighted by atomic mass is 9.90. The first-order chi connectivity index (χ1) is 12.6. The second-order valence-corrected chi connectivity index (χ2v) is 6.46. The monoisotopic (exact) mass is 385 g/mol. The van der Waals surface area contributed by atoms with Crippen LogP contribution in [0.25, 0.3) is 0 Å². The van der Waals surface area contributed by atoms with E-state index in [-0.39, 0.29) is 12.2 Å². The van der Waals surface area contributed by atoms with Crippen molar-refractivity contribution in [2.24, 2.45) is 5.73 Å². The average Bonchev–Trinajstić information content (AvgIpc) is 2.60. The molecule has 1 fully saturated rings. The van der Waals surface area contributed by atoms with E-state index in [1.165, 1.54) is 12.1 Å². The van der Waals surface area contributed by atoms with Crippen LogP contribution in [-0.2, 0) is 16.0 Å². The maximum atomic E-state index is 12.3. The molecule has 0 spiro atoms. The molecule has 0 aliphatic carbocycles. The van der Waals surface area contributed by atoms with Gasteiger partial charge in [0.25, 0.3) is 0 Å². The molecule has 1 saturated heterocycles. The lowest BCUT2D eigenvalue weighted by Gasteiger charge is -2.42. The first-order valence-electron chi connectivity index (χ1n) is 8.18. The summed E-state index contributed by atoms with van der Waals surface area (Å²) in [6.45, 7) is -0.512. The van der Waals surface area contributed by atoms with Crippen molar-refractivity contribution in [2.75, 3.05) is 6.54 Å². The van der Waals surface area contributed by atoms with Gasteiger partial charge in [-0.1, -0.05) is 12.1 Å². The second kappa shape index (κ2) is 8.61. The van der Waals surface area contributed by atoms with Crippen LogP contribution in [0.1, 0.15) is 5.56 Å². The maximum Gasteiger partial charge on any atom is 0.328 e. The Morgan fingerprint density at radius 1 is 1.19 bits per heavy atom. The molecule has 0 saturated carbocycles. The highest BCUT2D eigenvalue weighted by molar-refractivity contribution is 5.87. The summed E-state index contributed by atoms with van der Waals surface area (Å²) in [6, 6.07) is 1.41. The minimum absolute atomic E-state index is 0.0396. The third-order valence-corrected chi connectivity index (χ3v) is 4.45. The van der Waals surface area contributed by atoms with Crippen LogP contribution in [0.4, 0.5) is 0 Å². The molecular formula is C16H23N3O8. The minimum Gasteiger partial charge on any atom is -0.508 e. The number of amides is 1. The highest BCUT2D eigenvalue weighted by Crippen LogP contribution is 2.20. The van der Waals surface area contributed by atoms with E-state index in [2.05, 4.69) is 5.32 Å². The summed E-state index contributed by atoms with van der Waals surface area (Å²) in [7, 11) is 0. The van der Waals surface area contributed by atoms with Crippen molar-refractivity contribution in [3.05, 3.63) is 29.8 Å². The fourth-order valence-corrected chi connectivity index (χ4v) is 2.93. The lowest BCUT2D eigenvalue weighted by molar-refractivity contribution is -0.240. The number of piperidine rings is 1. The topological polar surface area (TPSA) is 197 Å². The zero-order valence-corrected chi connectivity index (χ0v) is 14.2. The SMILES string of the molecule is N[C@@H](Cc1ccc(O)cc1)C(=O)N[C@@H](C(=O)O)[C@@H]1[C@@H](O)[C@H](O)[C@H](O)CN1O. The van der Waals surface area contributed by atoms with Gasteiger partial charge < -0.3 is 41.8 Å². The van der Waals surface area contributed by atoms with Crippen molar-refractivity contribution < 1.29 is 40.3 Å². The summed E-state index contributed by atoms with van der Waals surface area (Å²) >= 11 is 0. The van der Waals surface area contributed by atoms with Gasteiger partial charge in [0, 0.05) is 0 Å². The molecule has 0 radical (unpaired) electrons. The Kier molecular flexibility index (Phi) is 6.70. The Labute approximate surface area is 154 Å².